The molecule has 0 fully saturated rings. The van der Waals surface area contributed by atoms with E-state index in [4.69, 9.17) is 32.9 Å². The molecule has 4 rings (SSSR count). The minimum Gasteiger partial charge on any atom is -0.484 e. The Bertz CT molecular complexity index is 1480. The summed E-state index contributed by atoms with van der Waals surface area (Å²) in [5.74, 6) is 0.849. The van der Waals surface area contributed by atoms with Gasteiger partial charge in [-0.15, -0.1) is 0 Å². The van der Waals surface area contributed by atoms with Gasteiger partial charge < -0.3 is 9.64 Å². The summed E-state index contributed by atoms with van der Waals surface area (Å²) < 4.78 is 7.39. The monoisotopic (exact) mass is 551 g/mol. The Kier molecular flexibility index (Phi) is 9.08. The average Bonchev–Trinajstić information content (AvgIpc) is 2.91. The highest BCUT2D eigenvalue weighted by atomic mass is 35.5. The van der Waals surface area contributed by atoms with Crippen molar-refractivity contribution in [2.75, 3.05) is 13.2 Å². The quantitative estimate of drug-likeness (QED) is 0.196. The maximum absolute atomic E-state index is 13.8. The third-order valence-corrected chi connectivity index (χ3v) is 7.03. The van der Waals surface area contributed by atoms with Crippen molar-refractivity contribution in [3.8, 4) is 11.4 Å². The van der Waals surface area contributed by atoms with Crippen molar-refractivity contribution >= 4 is 40.0 Å². The Balaban J connectivity index is 1.77. The fourth-order valence-corrected chi connectivity index (χ4v) is 4.85. The summed E-state index contributed by atoms with van der Waals surface area (Å²) in [5, 5.41) is 1.68. The molecule has 198 valence electrons. The van der Waals surface area contributed by atoms with Crippen LogP contribution in [-0.2, 0) is 4.79 Å². The number of carbonyl (C=O) groups is 1. The van der Waals surface area contributed by atoms with Gasteiger partial charge in [-0.3, -0.25) is 14.2 Å². The second-order valence-electron chi connectivity index (χ2n) is 9.27. The molecule has 0 saturated carbocycles. The zero-order valence-corrected chi connectivity index (χ0v) is 23.3. The number of unbranched alkanes of at least 4 members (excludes halogenated alkanes) is 2. The number of carbonyl (C=O) groups excluding carboxylic acids is 1. The van der Waals surface area contributed by atoms with Gasteiger partial charge in [0.05, 0.1) is 22.6 Å². The molecule has 1 heterocycles. The fourth-order valence-electron chi connectivity index (χ4n) is 4.50. The molecular formula is C30H31Cl2N3O3. The molecule has 0 spiro atoms. The van der Waals surface area contributed by atoms with Crippen molar-refractivity contribution in [2.24, 2.45) is 0 Å². The Hall–Kier alpha value is -3.35. The second-order valence-corrected chi connectivity index (χ2v) is 10.1. The van der Waals surface area contributed by atoms with E-state index in [9.17, 15) is 9.59 Å². The number of rotatable bonds is 10. The Labute approximate surface area is 232 Å². The summed E-state index contributed by atoms with van der Waals surface area (Å²) in [6, 6.07) is 19.0. The standard InChI is InChI=1S/C30H31Cl2N3O3/c1-4-5-8-17-34(28(36)19-38-24-14-11-22(31)12-15-24)21(3)29-33-26-10-7-6-9-25(26)30(37)35(29)27-16-13-23(32)18-20(27)2/h6-7,9-16,18,21H,4-5,8,17,19H2,1-3H3. The molecule has 0 aliphatic heterocycles. The van der Waals surface area contributed by atoms with E-state index < -0.39 is 6.04 Å². The van der Waals surface area contributed by atoms with Gasteiger partial charge in [0.15, 0.2) is 6.61 Å². The number of hydrogen-bond acceptors (Lipinski definition) is 4. The van der Waals surface area contributed by atoms with Gasteiger partial charge in [-0.1, -0.05) is 55.1 Å². The van der Waals surface area contributed by atoms with Crippen LogP contribution in [0.3, 0.4) is 0 Å². The van der Waals surface area contributed by atoms with E-state index in [2.05, 4.69) is 6.92 Å². The number of para-hydroxylation sites is 1. The van der Waals surface area contributed by atoms with Gasteiger partial charge >= 0.3 is 0 Å². The van der Waals surface area contributed by atoms with Gasteiger partial charge in [-0.2, -0.15) is 0 Å². The summed E-state index contributed by atoms with van der Waals surface area (Å²) in [6.07, 6.45) is 2.81. The van der Waals surface area contributed by atoms with E-state index in [1.807, 2.05) is 44.2 Å². The zero-order valence-electron chi connectivity index (χ0n) is 21.8. The van der Waals surface area contributed by atoms with Gasteiger partial charge in [-0.25, -0.2) is 4.98 Å². The van der Waals surface area contributed by atoms with Crippen LogP contribution in [0.1, 0.15) is 50.5 Å². The van der Waals surface area contributed by atoms with Crippen LogP contribution in [0.15, 0.2) is 71.5 Å². The lowest BCUT2D eigenvalue weighted by Crippen LogP contribution is -2.40. The van der Waals surface area contributed by atoms with Crippen LogP contribution in [0, 0.1) is 6.92 Å². The Morgan fingerprint density at radius 3 is 2.45 bits per heavy atom. The largest absolute Gasteiger partial charge is 0.484 e. The molecule has 0 radical (unpaired) electrons. The van der Waals surface area contributed by atoms with Gasteiger partial charge in [-0.05, 0) is 80.4 Å². The van der Waals surface area contributed by atoms with E-state index in [1.54, 1.807) is 45.9 Å². The molecule has 0 bridgehead atoms. The molecule has 1 unspecified atom stereocenters. The van der Waals surface area contributed by atoms with Gasteiger partial charge in [0.1, 0.15) is 11.6 Å². The highest BCUT2D eigenvalue weighted by Gasteiger charge is 2.27. The third-order valence-electron chi connectivity index (χ3n) is 6.54. The first-order valence-electron chi connectivity index (χ1n) is 12.8. The zero-order chi connectivity index (χ0) is 27.2. The van der Waals surface area contributed by atoms with Crippen LogP contribution in [0.5, 0.6) is 5.75 Å². The van der Waals surface area contributed by atoms with Crippen molar-refractivity contribution in [3.63, 3.8) is 0 Å². The van der Waals surface area contributed by atoms with Crippen LogP contribution in [0.4, 0.5) is 0 Å². The number of aryl methyl sites for hydroxylation is 1. The molecule has 0 N–H and O–H groups in total. The van der Waals surface area contributed by atoms with Gasteiger partial charge in [0.25, 0.3) is 11.5 Å². The lowest BCUT2D eigenvalue weighted by Gasteiger charge is -2.31. The maximum Gasteiger partial charge on any atom is 0.266 e. The minimum absolute atomic E-state index is 0.143. The summed E-state index contributed by atoms with van der Waals surface area (Å²) in [7, 11) is 0. The first-order valence-corrected chi connectivity index (χ1v) is 13.5. The molecule has 1 amide bonds. The predicted molar refractivity (Wildman–Crippen MR) is 154 cm³/mol. The number of hydrogen-bond donors (Lipinski definition) is 0. The van der Waals surface area contributed by atoms with Crippen molar-refractivity contribution in [1.82, 2.24) is 14.5 Å². The topological polar surface area (TPSA) is 64.4 Å². The van der Waals surface area contributed by atoms with Crippen LogP contribution in [0.2, 0.25) is 10.0 Å². The van der Waals surface area contributed by atoms with Gasteiger partial charge in [0.2, 0.25) is 0 Å². The fraction of sp³-hybridized carbons (Fsp3) is 0.300. The molecule has 8 heteroatoms. The van der Waals surface area contributed by atoms with Crippen molar-refractivity contribution in [2.45, 2.75) is 46.1 Å². The third kappa shape index (κ3) is 6.20. The maximum atomic E-state index is 13.8. The molecule has 0 aliphatic carbocycles. The lowest BCUT2D eigenvalue weighted by atomic mass is 10.1. The number of fused-ring (bicyclic) bond motifs is 1. The first kappa shape index (κ1) is 27.7. The highest BCUT2D eigenvalue weighted by Crippen LogP contribution is 2.26. The van der Waals surface area contributed by atoms with Crippen LogP contribution < -0.4 is 10.3 Å². The average molecular weight is 553 g/mol. The van der Waals surface area contributed by atoms with Crippen molar-refractivity contribution in [3.05, 3.63) is 98.5 Å². The molecule has 38 heavy (non-hydrogen) atoms. The molecule has 0 saturated heterocycles. The van der Waals surface area contributed by atoms with Crippen molar-refractivity contribution in [1.29, 1.82) is 0 Å². The van der Waals surface area contributed by atoms with Crippen LogP contribution >= 0.6 is 23.2 Å². The summed E-state index contributed by atoms with van der Waals surface area (Å²) in [5.41, 5.74) is 1.90. The molecule has 6 nitrogen and oxygen atoms in total. The summed E-state index contributed by atoms with van der Waals surface area (Å²) in [6.45, 7) is 6.30. The highest BCUT2D eigenvalue weighted by molar-refractivity contribution is 6.30. The van der Waals surface area contributed by atoms with Crippen LogP contribution in [0.25, 0.3) is 16.6 Å². The molecule has 4 aromatic rings. The van der Waals surface area contributed by atoms with E-state index in [-0.39, 0.29) is 18.1 Å². The van der Waals surface area contributed by atoms with E-state index >= 15 is 0 Å². The molecule has 1 atom stereocenters. The molecular weight excluding hydrogens is 521 g/mol. The predicted octanol–water partition coefficient (Wildman–Crippen LogP) is 7.16. The second kappa shape index (κ2) is 12.5. The van der Waals surface area contributed by atoms with Gasteiger partial charge in [0, 0.05) is 16.6 Å². The molecule has 0 aliphatic rings. The van der Waals surface area contributed by atoms with E-state index in [0.29, 0.717) is 44.8 Å². The Morgan fingerprint density at radius 2 is 1.74 bits per heavy atom. The van der Waals surface area contributed by atoms with Crippen molar-refractivity contribution < 1.29 is 9.53 Å². The first-order chi connectivity index (χ1) is 18.3. The Morgan fingerprint density at radius 1 is 1.03 bits per heavy atom. The molecule has 1 aromatic heterocycles. The van der Waals surface area contributed by atoms with E-state index in [1.165, 1.54) is 0 Å². The normalized spacial score (nSPS) is 11.9. The van der Waals surface area contributed by atoms with Crippen LogP contribution in [-0.4, -0.2) is 33.5 Å². The molecule has 3 aromatic carbocycles. The number of halogens is 2. The minimum atomic E-state index is -0.499. The summed E-state index contributed by atoms with van der Waals surface area (Å²) in [4.78, 5) is 34.0. The lowest BCUT2D eigenvalue weighted by molar-refractivity contribution is -0.135. The smallest absolute Gasteiger partial charge is 0.266 e. The SMILES string of the molecule is CCCCCN(C(=O)COc1ccc(Cl)cc1)C(C)c1nc2ccccc2c(=O)n1-c1ccc(Cl)cc1C. The van der Waals surface area contributed by atoms with E-state index in [0.717, 1.165) is 24.8 Å². The number of amides is 1. The number of benzene rings is 3. The number of ether oxygens (including phenoxy) is 1. The number of nitrogens with zero attached hydrogens (tertiary/aromatic N) is 3. The summed E-state index contributed by atoms with van der Waals surface area (Å²) >= 11 is 12.2. The number of aromatic nitrogens is 2.